The molecule has 4 saturated carbocycles. The lowest BCUT2D eigenvalue weighted by atomic mass is 9.68. The molecule has 7 atom stereocenters. The lowest BCUT2D eigenvalue weighted by molar-refractivity contribution is -0.433. The minimum atomic E-state index is -3.89. The Balaban J connectivity index is 1.32. The number of ether oxygens (including phenoxy) is 1. The van der Waals surface area contributed by atoms with Crippen molar-refractivity contribution in [2.75, 3.05) is 6.61 Å². The van der Waals surface area contributed by atoms with Gasteiger partial charge in [-0.05, 0) is 73.5 Å². The molecule has 0 aromatic heterocycles. The van der Waals surface area contributed by atoms with Gasteiger partial charge in [0.1, 0.15) is 12.0 Å². The van der Waals surface area contributed by atoms with Crippen LogP contribution in [0.5, 0.6) is 0 Å². The molecular weight excluding hydrogens is 330 g/mol. The molecule has 5 nitrogen and oxygen atoms in total. The van der Waals surface area contributed by atoms with Gasteiger partial charge in [-0.25, -0.2) is 10.1 Å². The van der Waals surface area contributed by atoms with Crippen molar-refractivity contribution in [2.45, 2.75) is 37.4 Å². The summed E-state index contributed by atoms with van der Waals surface area (Å²) in [5.41, 5.74) is 0. The van der Waals surface area contributed by atoms with Gasteiger partial charge in [0.2, 0.25) is 0 Å². The maximum atomic E-state index is 13.4. The summed E-state index contributed by atoms with van der Waals surface area (Å²) in [6.07, 6.45) is 6.20. The zero-order valence-corrected chi connectivity index (χ0v) is 13.3. The topological polar surface area (TPSA) is 65.0 Å². The van der Waals surface area contributed by atoms with Crippen LogP contribution in [0.25, 0.3) is 0 Å². The predicted molar refractivity (Wildman–Crippen MR) is 75.8 cm³/mol. The second-order valence-electron chi connectivity index (χ2n) is 7.48. The molecular formula is C15H20F2O5S. The monoisotopic (exact) mass is 350 g/mol. The van der Waals surface area contributed by atoms with Gasteiger partial charge in [-0.15, -0.1) is 4.33 Å². The summed E-state index contributed by atoms with van der Waals surface area (Å²) in [5.74, 6) is 3.07. The predicted octanol–water partition coefficient (Wildman–Crippen LogP) is 3.51. The number of fused-ring (bicyclic) bond motifs is 9. The number of halogens is 2. The Hall–Kier alpha value is -0.440. The van der Waals surface area contributed by atoms with Gasteiger partial charge in [0.25, 0.3) is 0 Å². The molecule has 0 saturated heterocycles. The van der Waals surface area contributed by atoms with Crippen molar-refractivity contribution in [3.63, 3.8) is 0 Å². The number of hydrogen-bond donors (Lipinski definition) is 1. The molecule has 4 aliphatic rings. The molecule has 0 amide bonds. The molecule has 23 heavy (non-hydrogen) atoms. The van der Waals surface area contributed by atoms with Gasteiger partial charge >= 0.3 is 11.2 Å². The number of carbonyl (C=O) groups is 1. The molecule has 7 unspecified atom stereocenters. The fraction of sp³-hybridized carbons (Fsp3) is 0.933. The summed E-state index contributed by atoms with van der Waals surface area (Å²) in [6.45, 7) is 0.0523. The first-order valence-corrected chi connectivity index (χ1v) is 8.96. The van der Waals surface area contributed by atoms with Crippen LogP contribution in [0.15, 0.2) is 0 Å². The van der Waals surface area contributed by atoms with Crippen molar-refractivity contribution in [3.8, 4) is 0 Å². The molecule has 0 aromatic rings. The molecule has 1 N–H and O–H groups in total. The molecule has 0 aromatic carbocycles. The van der Waals surface area contributed by atoms with E-state index in [1.807, 2.05) is 0 Å². The van der Waals surface area contributed by atoms with Gasteiger partial charge in [0, 0.05) is 0 Å². The van der Waals surface area contributed by atoms with E-state index in [4.69, 9.17) is 9.99 Å². The van der Waals surface area contributed by atoms with Crippen molar-refractivity contribution in [1.82, 2.24) is 0 Å². The van der Waals surface area contributed by atoms with E-state index in [0.717, 1.165) is 30.1 Å². The highest BCUT2D eigenvalue weighted by atomic mass is 32.2. The molecule has 4 fully saturated rings. The Morgan fingerprint density at radius 1 is 1.13 bits per heavy atom. The largest absolute Gasteiger partial charge is 0.460 e. The highest BCUT2D eigenvalue weighted by Gasteiger charge is 2.62. The molecule has 4 rings (SSSR count). The second kappa shape index (κ2) is 5.82. The summed E-state index contributed by atoms with van der Waals surface area (Å²) < 4.78 is 35.2. The molecule has 130 valence electrons. The van der Waals surface area contributed by atoms with Crippen LogP contribution in [-0.2, 0) is 18.9 Å². The first kappa shape index (κ1) is 16.1. The third-order valence-electron chi connectivity index (χ3n) is 6.71. The van der Waals surface area contributed by atoms with E-state index in [1.165, 1.54) is 25.7 Å². The smallest absolute Gasteiger partial charge is 0.415 e. The van der Waals surface area contributed by atoms with Gasteiger partial charge in [0.05, 0.1) is 6.61 Å². The molecule has 0 aliphatic heterocycles. The Morgan fingerprint density at radius 3 is 2.61 bits per heavy atom. The van der Waals surface area contributed by atoms with Crippen LogP contribution >= 0.6 is 12.0 Å². The van der Waals surface area contributed by atoms with E-state index in [9.17, 15) is 13.6 Å². The maximum Gasteiger partial charge on any atom is 0.415 e. The number of alkyl halides is 2. The summed E-state index contributed by atoms with van der Waals surface area (Å²) in [6, 6.07) is 0. The quantitative estimate of drug-likeness (QED) is 0.260. The van der Waals surface area contributed by atoms with Crippen molar-refractivity contribution in [3.05, 3.63) is 0 Å². The highest BCUT2D eigenvalue weighted by molar-refractivity contribution is 7.96. The van der Waals surface area contributed by atoms with Crippen molar-refractivity contribution < 1.29 is 32.9 Å². The van der Waals surface area contributed by atoms with Gasteiger partial charge in [-0.2, -0.15) is 8.78 Å². The minimum absolute atomic E-state index is 0.0523. The van der Waals surface area contributed by atoms with E-state index >= 15 is 0 Å². The number of hydrogen-bond acceptors (Lipinski definition) is 6. The first-order chi connectivity index (χ1) is 11.0. The molecule has 0 spiro atoms. The Bertz CT molecular complexity index is 490. The van der Waals surface area contributed by atoms with E-state index in [2.05, 4.69) is 9.37 Å². The Labute approximate surface area is 137 Å². The van der Waals surface area contributed by atoms with Gasteiger partial charge in [-0.1, -0.05) is 5.04 Å². The molecule has 0 heterocycles. The van der Waals surface area contributed by atoms with Crippen LogP contribution in [0.1, 0.15) is 32.1 Å². The normalized spacial score (nSPS) is 43.9. The van der Waals surface area contributed by atoms with Crippen LogP contribution in [-0.4, -0.2) is 23.1 Å². The van der Waals surface area contributed by atoms with Crippen LogP contribution in [0.4, 0.5) is 8.78 Å². The van der Waals surface area contributed by atoms with Crippen LogP contribution in [0, 0.1) is 41.4 Å². The maximum absolute atomic E-state index is 13.4. The van der Waals surface area contributed by atoms with Gasteiger partial charge in [-0.3, -0.25) is 0 Å². The SMILES string of the molecule is O=C(OCC1CC2CC1C1C3CCC(C3)C21)C(F)(F)SOOO. The Kier molecular flexibility index (Phi) is 4.06. The van der Waals surface area contributed by atoms with Gasteiger partial charge in [0.15, 0.2) is 0 Å². The lowest BCUT2D eigenvalue weighted by Gasteiger charge is -2.38. The number of esters is 1. The van der Waals surface area contributed by atoms with Crippen molar-refractivity contribution in [1.29, 1.82) is 0 Å². The summed E-state index contributed by atoms with van der Waals surface area (Å²) in [7, 11) is 0. The number of rotatable bonds is 6. The fourth-order valence-electron chi connectivity index (χ4n) is 6.25. The zero-order chi connectivity index (χ0) is 16.2. The summed E-state index contributed by atoms with van der Waals surface area (Å²) in [5, 5.41) is 7.10. The van der Waals surface area contributed by atoms with Crippen LogP contribution < -0.4 is 0 Å². The zero-order valence-electron chi connectivity index (χ0n) is 12.5. The first-order valence-electron chi connectivity index (χ1n) is 8.22. The van der Waals surface area contributed by atoms with E-state index in [1.54, 1.807) is 0 Å². The van der Waals surface area contributed by atoms with Gasteiger partial charge < -0.3 is 4.74 Å². The van der Waals surface area contributed by atoms with Crippen LogP contribution in [0.2, 0.25) is 0 Å². The minimum Gasteiger partial charge on any atom is -0.460 e. The third kappa shape index (κ3) is 2.58. The molecule has 0 radical (unpaired) electrons. The lowest BCUT2D eigenvalue weighted by Crippen LogP contribution is -2.36. The summed E-state index contributed by atoms with van der Waals surface area (Å²) in [4.78, 5) is 11.5. The average molecular weight is 350 g/mol. The average Bonchev–Trinajstić information content (AvgIpc) is 3.28. The van der Waals surface area contributed by atoms with E-state index in [-0.39, 0.29) is 12.5 Å². The van der Waals surface area contributed by atoms with E-state index < -0.39 is 23.3 Å². The Morgan fingerprint density at radius 2 is 1.87 bits per heavy atom. The standard InChI is InChI=1S/C15H20F2O5S/c16-15(17,23-22-21-19)14(18)20-6-10-4-9-5-11(10)13-8-2-1-7(3-8)12(9)13/h7-13,19H,1-6H2. The molecule has 8 heteroatoms. The van der Waals surface area contributed by atoms with Crippen molar-refractivity contribution in [2.24, 2.45) is 41.4 Å². The fourth-order valence-corrected chi connectivity index (χ4v) is 6.50. The summed E-state index contributed by atoms with van der Waals surface area (Å²) >= 11 is -0.570. The second-order valence-corrected chi connectivity index (χ2v) is 8.30. The number of carbonyl (C=O) groups excluding carboxylic acids is 1. The highest BCUT2D eigenvalue weighted by Crippen LogP contribution is 2.68. The molecule has 4 bridgehead atoms. The van der Waals surface area contributed by atoms with Crippen molar-refractivity contribution >= 4 is 18.0 Å². The third-order valence-corrected chi connectivity index (χ3v) is 7.21. The molecule has 4 aliphatic carbocycles. The van der Waals surface area contributed by atoms with E-state index in [0.29, 0.717) is 11.8 Å². The van der Waals surface area contributed by atoms with Crippen LogP contribution in [0.3, 0.4) is 0 Å².